The Kier molecular flexibility index (Phi) is 3.13. The minimum Gasteiger partial charge on any atom is -0.459 e. The van der Waals surface area contributed by atoms with Crippen LogP contribution in [0.3, 0.4) is 0 Å². The third kappa shape index (κ3) is 1.68. The van der Waals surface area contributed by atoms with Gasteiger partial charge in [0.1, 0.15) is 12.2 Å². The van der Waals surface area contributed by atoms with Crippen LogP contribution < -0.4 is 5.32 Å². The molecule has 1 aliphatic heterocycles. The Bertz CT molecular complexity index is 307. The maximum atomic E-state index is 9.73. The fourth-order valence-electron chi connectivity index (χ4n) is 2.20. The second kappa shape index (κ2) is 4.40. The van der Waals surface area contributed by atoms with Crippen molar-refractivity contribution in [2.45, 2.75) is 24.4 Å². The molecule has 1 aliphatic carbocycles. The number of amidine groups is 1. The maximum Gasteiger partial charge on any atom is 0.285 e. The van der Waals surface area contributed by atoms with Crippen LogP contribution in [-0.2, 0) is 4.74 Å². The Morgan fingerprint density at radius 1 is 1.44 bits per heavy atom. The van der Waals surface area contributed by atoms with E-state index in [4.69, 9.17) is 9.84 Å². The van der Waals surface area contributed by atoms with Crippen LogP contribution in [-0.4, -0.2) is 58.8 Å². The molecule has 6 nitrogen and oxygen atoms in total. The van der Waals surface area contributed by atoms with Crippen LogP contribution in [0.15, 0.2) is 17.6 Å². The van der Waals surface area contributed by atoms with Gasteiger partial charge in [0.25, 0.3) is 6.02 Å². The molecule has 1 saturated heterocycles. The molecular weight excluding hydrogens is 212 g/mol. The van der Waals surface area contributed by atoms with Gasteiger partial charge in [-0.05, 0) is 0 Å². The molecule has 2 aliphatic rings. The average Bonchev–Trinajstić information content (AvgIpc) is 2.78. The van der Waals surface area contributed by atoms with Crippen molar-refractivity contribution in [3.05, 3.63) is 12.7 Å². The molecule has 0 radical (unpaired) electrons. The zero-order valence-corrected chi connectivity index (χ0v) is 8.78. The summed E-state index contributed by atoms with van der Waals surface area (Å²) in [4.78, 5) is 4.04. The second-order valence-electron chi connectivity index (χ2n) is 4.01. The molecule has 2 fully saturated rings. The molecule has 0 amide bonds. The molecule has 6 heteroatoms. The molecule has 1 saturated carbocycles. The summed E-state index contributed by atoms with van der Waals surface area (Å²) in [5, 5.41) is 31.4. The van der Waals surface area contributed by atoms with Crippen molar-refractivity contribution in [2.24, 2.45) is 10.9 Å². The second-order valence-corrected chi connectivity index (χ2v) is 4.01. The van der Waals surface area contributed by atoms with E-state index in [9.17, 15) is 10.2 Å². The van der Waals surface area contributed by atoms with Gasteiger partial charge in [-0.25, -0.2) is 4.99 Å². The molecule has 5 unspecified atom stereocenters. The maximum absolute atomic E-state index is 9.73. The molecule has 4 N–H and O–H groups in total. The number of fused-ring (bicyclic) bond motifs is 1. The van der Waals surface area contributed by atoms with Crippen LogP contribution in [0.5, 0.6) is 0 Å². The van der Waals surface area contributed by atoms with Gasteiger partial charge in [0.2, 0.25) is 0 Å². The molecule has 0 aromatic carbocycles. The van der Waals surface area contributed by atoms with E-state index in [2.05, 4.69) is 16.9 Å². The largest absolute Gasteiger partial charge is 0.459 e. The van der Waals surface area contributed by atoms with Gasteiger partial charge in [-0.15, -0.1) is 6.58 Å². The van der Waals surface area contributed by atoms with Crippen LogP contribution in [0.4, 0.5) is 0 Å². The number of nitrogens with one attached hydrogen (secondary N) is 1. The number of rotatable bonds is 3. The highest BCUT2D eigenvalue weighted by Gasteiger charge is 2.54. The van der Waals surface area contributed by atoms with Gasteiger partial charge in [-0.1, -0.05) is 6.08 Å². The Balaban J connectivity index is 2.09. The van der Waals surface area contributed by atoms with Crippen LogP contribution in [0.25, 0.3) is 0 Å². The summed E-state index contributed by atoms with van der Waals surface area (Å²) in [5.74, 6) is -0.482. The summed E-state index contributed by atoms with van der Waals surface area (Å²) >= 11 is 0. The SMILES string of the molecule is C=CCN=C1NC2C(O)C(O)C(CO)C2O1. The highest BCUT2D eigenvalue weighted by Crippen LogP contribution is 2.32. The van der Waals surface area contributed by atoms with Crippen molar-refractivity contribution < 1.29 is 20.1 Å². The van der Waals surface area contributed by atoms with E-state index in [-0.39, 0.29) is 6.61 Å². The van der Waals surface area contributed by atoms with Crippen LogP contribution >= 0.6 is 0 Å². The van der Waals surface area contributed by atoms with E-state index in [1.807, 2.05) is 0 Å². The Hall–Kier alpha value is -1.11. The van der Waals surface area contributed by atoms with Crippen molar-refractivity contribution in [1.82, 2.24) is 5.32 Å². The van der Waals surface area contributed by atoms with Crippen molar-refractivity contribution in [1.29, 1.82) is 0 Å². The summed E-state index contributed by atoms with van der Waals surface area (Å²) in [6.07, 6.45) is -0.716. The molecule has 0 spiro atoms. The zero-order valence-electron chi connectivity index (χ0n) is 8.78. The van der Waals surface area contributed by atoms with Gasteiger partial charge in [-0.2, -0.15) is 0 Å². The fraction of sp³-hybridized carbons (Fsp3) is 0.700. The van der Waals surface area contributed by atoms with Gasteiger partial charge < -0.3 is 25.4 Å². The molecule has 16 heavy (non-hydrogen) atoms. The lowest BCUT2D eigenvalue weighted by Gasteiger charge is -2.17. The third-order valence-electron chi connectivity index (χ3n) is 3.05. The lowest BCUT2D eigenvalue weighted by Crippen LogP contribution is -2.40. The quantitative estimate of drug-likeness (QED) is 0.429. The molecule has 0 bridgehead atoms. The smallest absolute Gasteiger partial charge is 0.285 e. The van der Waals surface area contributed by atoms with E-state index in [1.54, 1.807) is 6.08 Å². The minimum absolute atomic E-state index is 0.226. The average molecular weight is 228 g/mol. The summed E-state index contributed by atoms with van der Waals surface area (Å²) in [5.41, 5.74) is 0. The lowest BCUT2D eigenvalue weighted by atomic mass is 10.1. The van der Waals surface area contributed by atoms with Crippen molar-refractivity contribution in [3.63, 3.8) is 0 Å². The van der Waals surface area contributed by atoms with Gasteiger partial charge in [-0.3, -0.25) is 0 Å². The van der Waals surface area contributed by atoms with E-state index in [1.165, 1.54) is 0 Å². The Labute approximate surface area is 93.3 Å². The van der Waals surface area contributed by atoms with Crippen LogP contribution in [0.1, 0.15) is 0 Å². The van der Waals surface area contributed by atoms with E-state index < -0.39 is 30.3 Å². The molecule has 1 heterocycles. The number of ether oxygens (including phenoxy) is 1. The summed E-state index contributed by atoms with van der Waals surface area (Å²) in [7, 11) is 0. The Morgan fingerprint density at radius 2 is 2.19 bits per heavy atom. The number of aliphatic hydroxyl groups excluding tert-OH is 3. The summed E-state index contributed by atoms with van der Waals surface area (Å²) in [6, 6.07) is -0.0741. The first kappa shape index (κ1) is 11.4. The first-order valence-electron chi connectivity index (χ1n) is 5.24. The molecule has 5 atom stereocenters. The number of aliphatic hydroxyl groups is 3. The molecular formula is C10H16N2O4. The Morgan fingerprint density at radius 3 is 2.81 bits per heavy atom. The van der Waals surface area contributed by atoms with Crippen molar-refractivity contribution in [3.8, 4) is 0 Å². The number of hydrogen-bond acceptors (Lipinski definition) is 5. The molecule has 0 aromatic heterocycles. The molecule has 90 valence electrons. The van der Waals surface area contributed by atoms with Gasteiger partial charge in [0.15, 0.2) is 0 Å². The highest BCUT2D eigenvalue weighted by molar-refractivity contribution is 5.76. The standard InChI is InChI=1S/C10H16N2O4/c1-2-3-11-10-12-6-8(15)7(14)5(4-13)9(6)16-10/h2,5-9,13-15H,1,3-4H2,(H,11,12). The first-order chi connectivity index (χ1) is 7.69. The number of hydrogen-bond donors (Lipinski definition) is 4. The van der Waals surface area contributed by atoms with Gasteiger partial charge in [0, 0.05) is 5.92 Å². The van der Waals surface area contributed by atoms with Crippen LogP contribution in [0, 0.1) is 5.92 Å². The van der Waals surface area contributed by atoms with E-state index in [0.29, 0.717) is 12.6 Å². The van der Waals surface area contributed by atoms with E-state index >= 15 is 0 Å². The van der Waals surface area contributed by atoms with Crippen molar-refractivity contribution >= 4 is 6.02 Å². The summed E-state index contributed by atoms with van der Waals surface area (Å²) < 4.78 is 5.44. The summed E-state index contributed by atoms with van der Waals surface area (Å²) in [6.45, 7) is 3.73. The monoisotopic (exact) mass is 228 g/mol. The first-order valence-corrected chi connectivity index (χ1v) is 5.24. The van der Waals surface area contributed by atoms with Gasteiger partial charge in [0.05, 0.1) is 25.3 Å². The van der Waals surface area contributed by atoms with Crippen LogP contribution in [0.2, 0.25) is 0 Å². The van der Waals surface area contributed by atoms with E-state index in [0.717, 1.165) is 0 Å². The number of nitrogens with zero attached hydrogens (tertiary/aromatic N) is 1. The van der Waals surface area contributed by atoms with Gasteiger partial charge >= 0.3 is 0 Å². The molecule has 2 rings (SSSR count). The minimum atomic E-state index is -0.964. The fourth-order valence-corrected chi connectivity index (χ4v) is 2.20. The predicted molar refractivity (Wildman–Crippen MR) is 56.9 cm³/mol. The van der Waals surface area contributed by atoms with Crippen molar-refractivity contribution in [2.75, 3.05) is 13.2 Å². The lowest BCUT2D eigenvalue weighted by molar-refractivity contribution is -0.00878. The number of aliphatic imine (C=N–C) groups is 1. The third-order valence-corrected chi connectivity index (χ3v) is 3.05. The normalized spacial score (nSPS) is 43.9. The topological polar surface area (TPSA) is 94.3 Å². The highest BCUT2D eigenvalue weighted by atomic mass is 16.5. The molecule has 0 aromatic rings. The predicted octanol–water partition coefficient (Wildman–Crippen LogP) is -1.77. The zero-order chi connectivity index (χ0) is 11.7.